The molecular weight excluding hydrogens is 392 g/mol. The number of aldehydes is 1. The van der Waals surface area contributed by atoms with E-state index in [2.05, 4.69) is 17.8 Å². The van der Waals surface area contributed by atoms with Gasteiger partial charge in [-0.2, -0.15) is 0 Å². The predicted octanol–water partition coefficient (Wildman–Crippen LogP) is 2.92. The van der Waals surface area contributed by atoms with Crippen LogP contribution in [-0.4, -0.2) is 31.8 Å². The molecule has 8 heteroatoms. The minimum Gasteiger partial charge on any atom is -0.493 e. The Morgan fingerprint density at radius 1 is 1.24 bits per heavy atom. The first-order chi connectivity index (χ1) is 14.0. The number of rotatable bonds is 7. The van der Waals surface area contributed by atoms with Crippen molar-refractivity contribution in [1.29, 1.82) is 0 Å². The van der Waals surface area contributed by atoms with Gasteiger partial charge in [-0.3, -0.25) is 25.2 Å². The number of methoxy groups -OCH3 is 1. The van der Waals surface area contributed by atoms with Crippen molar-refractivity contribution in [2.45, 2.75) is 32.6 Å². The largest absolute Gasteiger partial charge is 0.493 e. The lowest BCUT2D eigenvalue weighted by Crippen LogP contribution is -2.43. The molecule has 7 nitrogen and oxygen atoms in total. The molecule has 0 bridgehead atoms. The van der Waals surface area contributed by atoms with E-state index in [1.54, 1.807) is 12.1 Å². The van der Waals surface area contributed by atoms with Gasteiger partial charge in [0.2, 0.25) is 0 Å². The highest BCUT2D eigenvalue weighted by molar-refractivity contribution is 7.14. The molecule has 1 aliphatic carbocycles. The number of aryl methyl sites for hydroxylation is 1. The summed E-state index contributed by atoms with van der Waals surface area (Å²) in [7, 11) is 1.44. The molecule has 1 atom stereocenters. The van der Waals surface area contributed by atoms with Crippen molar-refractivity contribution >= 4 is 29.4 Å². The van der Waals surface area contributed by atoms with Gasteiger partial charge in [0.15, 0.2) is 18.1 Å². The number of hydrogen-bond acceptors (Lipinski definition) is 6. The third-order valence-electron chi connectivity index (χ3n) is 4.98. The molecule has 0 spiro atoms. The molecule has 154 valence electrons. The topological polar surface area (TPSA) is 93.7 Å². The molecule has 3 rings (SSSR count). The molecule has 1 aromatic heterocycles. The van der Waals surface area contributed by atoms with Gasteiger partial charge < -0.3 is 9.47 Å². The molecule has 0 radical (unpaired) electrons. The van der Waals surface area contributed by atoms with Crippen LogP contribution in [0.5, 0.6) is 11.5 Å². The van der Waals surface area contributed by atoms with Crippen LogP contribution in [-0.2, 0) is 17.6 Å². The Hall–Kier alpha value is -2.87. The number of carbonyl (C=O) groups excluding carboxylic acids is 3. The summed E-state index contributed by atoms with van der Waals surface area (Å²) in [5, 5.41) is 0. The van der Waals surface area contributed by atoms with Crippen molar-refractivity contribution in [2.24, 2.45) is 5.92 Å². The maximum absolute atomic E-state index is 12.4. The number of hydrazine groups is 1. The number of amides is 2. The summed E-state index contributed by atoms with van der Waals surface area (Å²) in [5.74, 6) is 0.519. The third kappa shape index (κ3) is 5.14. The van der Waals surface area contributed by atoms with Crippen LogP contribution in [0.1, 0.15) is 50.2 Å². The van der Waals surface area contributed by atoms with E-state index < -0.39 is 5.91 Å². The van der Waals surface area contributed by atoms with Crippen LogP contribution < -0.4 is 20.3 Å². The lowest BCUT2D eigenvalue weighted by atomic mass is 9.87. The van der Waals surface area contributed by atoms with Gasteiger partial charge in [-0.15, -0.1) is 11.3 Å². The Bertz CT molecular complexity index is 908. The molecule has 29 heavy (non-hydrogen) atoms. The van der Waals surface area contributed by atoms with Crippen molar-refractivity contribution in [1.82, 2.24) is 10.9 Å². The van der Waals surface area contributed by atoms with E-state index in [-0.39, 0.29) is 12.5 Å². The van der Waals surface area contributed by atoms with Crippen LogP contribution >= 0.6 is 11.3 Å². The van der Waals surface area contributed by atoms with E-state index >= 15 is 0 Å². The van der Waals surface area contributed by atoms with Crippen LogP contribution in [0, 0.1) is 5.92 Å². The summed E-state index contributed by atoms with van der Waals surface area (Å²) < 4.78 is 10.6. The highest BCUT2D eigenvalue weighted by Crippen LogP contribution is 2.33. The van der Waals surface area contributed by atoms with E-state index in [0.29, 0.717) is 34.1 Å². The molecule has 1 aliphatic rings. The number of nitrogens with one attached hydrogen (secondary N) is 2. The van der Waals surface area contributed by atoms with Gasteiger partial charge in [0, 0.05) is 10.4 Å². The Balaban J connectivity index is 1.50. The number of carbonyl (C=O) groups is 3. The van der Waals surface area contributed by atoms with E-state index in [9.17, 15) is 14.4 Å². The third-order valence-corrected chi connectivity index (χ3v) is 6.22. The fourth-order valence-electron chi connectivity index (χ4n) is 3.30. The highest BCUT2D eigenvalue weighted by atomic mass is 32.1. The highest BCUT2D eigenvalue weighted by Gasteiger charge is 2.22. The van der Waals surface area contributed by atoms with Crippen LogP contribution in [0.3, 0.4) is 0 Å². The van der Waals surface area contributed by atoms with Crippen molar-refractivity contribution in [3.63, 3.8) is 0 Å². The fraction of sp³-hybridized carbons (Fsp3) is 0.381. The minimum atomic E-state index is -0.507. The Labute approximate surface area is 173 Å². The second kappa shape index (κ2) is 9.56. The lowest BCUT2D eigenvalue weighted by molar-refractivity contribution is -0.123. The minimum absolute atomic E-state index is 0.309. The summed E-state index contributed by atoms with van der Waals surface area (Å²) in [5.41, 5.74) is 6.48. The van der Waals surface area contributed by atoms with Gasteiger partial charge in [0.25, 0.3) is 11.8 Å². The standard InChI is InChI=1S/C21H24N2O5S/c1-3-13-5-7-18-15(8-13)10-19(29-18)21(26)23-22-20(25)12-28-16-6-4-14(11-24)9-17(16)27-2/h4,6,9-11,13H,3,5,7-8,12H2,1-2H3,(H,22,25)(H,23,26)/t13-/m1/s1. The van der Waals surface area contributed by atoms with Gasteiger partial charge >= 0.3 is 0 Å². The zero-order chi connectivity index (χ0) is 20.8. The van der Waals surface area contributed by atoms with Crippen LogP contribution in [0.2, 0.25) is 0 Å². The molecule has 0 saturated heterocycles. The van der Waals surface area contributed by atoms with E-state index in [4.69, 9.17) is 9.47 Å². The van der Waals surface area contributed by atoms with E-state index in [0.717, 1.165) is 25.7 Å². The van der Waals surface area contributed by atoms with Crippen LogP contribution in [0.4, 0.5) is 0 Å². The first-order valence-corrected chi connectivity index (χ1v) is 10.3. The second-order valence-electron chi connectivity index (χ2n) is 6.90. The zero-order valence-electron chi connectivity index (χ0n) is 16.4. The van der Waals surface area contributed by atoms with Crippen molar-refractivity contribution in [3.05, 3.63) is 45.1 Å². The molecule has 2 aromatic rings. The number of fused-ring (bicyclic) bond motifs is 1. The zero-order valence-corrected chi connectivity index (χ0v) is 17.3. The average Bonchev–Trinajstić information content (AvgIpc) is 3.19. The Morgan fingerprint density at radius 3 is 2.79 bits per heavy atom. The predicted molar refractivity (Wildman–Crippen MR) is 110 cm³/mol. The Kier molecular flexibility index (Phi) is 6.87. The number of benzene rings is 1. The molecule has 0 aliphatic heterocycles. The summed E-state index contributed by atoms with van der Waals surface area (Å²) in [6.45, 7) is 1.88. The lowest BCUT2D eigenvalue weighted by Gasteiger charge is -2.19. The van der Waals surface area contributed by atoms with Gasteiger partial charge in [-0.05, 0) is 55.0 Å². The fourth-order valence-corrected chi connectivity index (χ4v) is 4.41. The van der Waals surface area contributed by atoms with Crippen LogP contribution in [0.25, 0.3) is 0 Å². The van der Waals surface area contributed by atoms with Gasteiger partial charge in [-0.25, -0.2) is 0 Å². The molecule has 2 N–H and O–H groups in total. The van der Waals surface area contributed by atoms with Gasteiger partial charge in [0.05, 0.1) is 12.0 Å². The van der Waals surface area contributed by atoms with Crippen molar-refractivity contribution in [2.75, 3.05) is 13.7 Å². The maximum Gasteiger partial charge on any atom is 0.279 e. The van der Waals surface area contributed by atoms with E-state index in [1.807, 2.05) is 6.07 Å². The molecule has 0 fully saturated rings. The normalized spacial score (nSPS) is 15.2. The molecule has 0 saturated carbocycles. The summed E-state index contributed by atoms with van der Waals surface area (Å²) in [6.07, 6.45) is 5.03. The van der Waals surface area contributed by atoms with E-state index in [1.165, 1.54) is 35.0 Å². The Morgan fingerprint density at radius 2 is 2.07 bits per heavy atom. The summed E-state index contributed by atoms with van der Waals surface area (Å²) in [6, 6.07) is 6.56. The quantitative estimate of drug-likeness (QED) is 0.535. The molecule has 1 aromatic carbocycles. The number of thiophene rings is 1. The molecule has 1 heterocycles. The monoisotopic (exact) mass is 416 g/mol. The number of hydrogen-bond donors (Lipinski definition) is 2. The average molecular weight is 416 g/mol. The maximum atomic E-state index is 12.4. The number of ether oxygens (including phenoxy) is 2. The molecule has 0 unspecified atom stereocenters. The summed E-state index contributed by atoms with van der Waals surface area (Å²) in [4.78, 5) is 37.0. The summed E-state index contributed by atoms with van der Waals surface area (Å²) >= 11 is 1.49. The first-order valence-electron chi connectivity index (χ1n) is 9.50. The smallest absolute Gasteiger partial charge is 0.279 e. The van der Waals surface area contributed by atoms with Crippen molar-refractivity contribution < 1.29 is 23.9 Å². The van der Waals surface area contributed by atoms with Gasteiger partial charge in [-0.1, -0.05) is 13.3 Å². The molecular formula is C21H24N2O5S. The second-order valence-corrected chi connectivity index (χ2v) is 8.03. The van der Waals surface area contributed by atoms with Crippen LogP contribution in [0.15, 0.2) is 24.3 Å². The van der Waals surface area contributed by atoms with Crippen molar-refractivity contribution in [3.8, 4) is 11.5 Å². The first kappa shape index (κ1) is 20.9. The molecule has 2 amide bonds. The van der Waals surface area contributed by atoms with Gasteiger partial charge in [0.1, 0.15) is 6.29 Å². The SMILES string of the molecule is CC[C@@H]1CCc2sc(C(=O)NNC(=O)COc3ccc(C=O)cc3OC)cc2C1.